The maximum Gasteiger partial charge on any atom is 0.251 e. The molecule has 0 saturated heterocycles. The summed E-state index contributed by atoms with van der Waals surface area (Å²) >= 11 is 0. The highest BCUT2D eigenvalue weighted by Gasteiger charge is 2.24. The van der Waals surface area contributed by atoms with Gasteiger partial charge in [-0.2, -0.15) is 0 Å². The molecule has 1 fully saturated rings. The number of hydrogen-bond acceptors (Lipinski definition) is 3. The molecule has 1 amide bonds. The predicted molar refractivity (Wildman–Crippen MR) is 62.8 cm³/mol. The zero-order chi connectivity index (χ0) is 12.3. The van der Waals surface area contributed by atoms with Crippen LogP contribution in [0.15, 0.2) is 23.1 Å². The van der Waals surface area contributed by atoms with Crippen LogP contribution in [0.4, 0.5) is 0 Å². The van der Waals surface area contributed by atoms with Gasteiger partial charge in [0.15, 0.2) is 0 Å². The van der Waals surface area contributed by atoms with Gasteiger partial charge in [0.2, 0.25) is 5.56 Å². The Morgan fingerprint density at radius 1 is 1.41 bits per heavy atom. The Hall–Kier alpha value is -1.62. The van der Waals surface area contributed by atoms with Gasteiger partial charge in [0.05, 0.1) is 12.1 Å². The molecule has 17 heavy (non-hydrogen) atoms. The number of aromatic nitrogens is 1. The Balaban J connectivity index is 2.03. The van der Waals surface area contributed by atoms with Crippen LogP contribution in [0.1, 0.15) is 36.0 Å². The summed E-state index contributed by atoms with van der Waals surface area (Å²) in [7, 11) is 0. The van der Waals surface area contributed by atoms with Crippen molar-refractivity contribution in [2.45, 2.75) is 37.8 Å². The van der Waals surface area contributed by atoms with E-state index in [-0.39, 0.29) is 17.5 Å². The Morgan fingerprint density at radius 2 is 2.18 bits per heavy atom. The normalized spacial score (nSPS) is 24.3. The molecule has 0 aliphatic heterocycles. The van der Waals surface area contributed by atoms with Crippen molar-refractivity contribution in [2.75, 3.05) is 0 Å². The van der Waals surface area contributed by atoms with Gasteiger partial charge in [-0.3, -0.25) is 9.59 Å². The van der Waals surface area contributed by atoms with Gasteiger partial charge in [-0.1, -0.05) is 12.8 Å². The van der Waals surface area contributed by atoms with Crippen LogP contribution in [0.2, 0.25) is 0 Å². The molecule has 0 spiro atoms. The molecule has 92 valence electrons. The molecule has 0 aromatic carbocycles. The lowest BCUT2D eigenvalue weighted by Gasteiger charge is -2.28. The van der Waals surface area contributed by atoms with Crippen LogP contribution in [0.5, 0.6) is 0 Å². The van der Waals surface area contributed by atoms with Crippen molar-refractivity contribution < 1.29 is 9.90 Å². The van der Waals surface area contributed by atoms with Gasteiger partial charge in [-0.25, -0.2) is 0 Å². The lowest BCUT2D eigenvalue weighted by atomic mass is 9.92. The van der Waals surface area contributed by atoms with Gasteiger partial charge in [-0.15, -0.1) is 0 Å². The molecule has 3 N–H and O–H groups in total. The number of hydrogen-bond donors (Lipinski definition) is 3. The van der Waals surface area contributed by atoms with Crippen molar-refractivity contribution in [1.29, 1.82) is 0 Å². The van der Waals surface area contributed by atoms with E-state index in [0.29, 0.717) is 5.56 Å². The van der Waals surface area contributed by atoms with E-state index in [1.54, 1.807) is 6.07 Å². The number of amides is 1. The molecule has 0 bridgehead atoms. The van der Waals surface area contributed by atoms with E-state index in [1.165, 1.54) is 12.3 Å². The van der Waals surface area contributed by atoms with Crippen molar-refractivity contribution >= 4 is 5.91 Å². The first kappa shape index (κ1) is 11.9. The van der Waals surface area contributed by atoms with E-state index in [0.717, 1.165) is 25.7 Å². The molecule has 1 aliphatic carbocycles. The Morgan fingerprint density at radius 3 is 2.88 bits per heavy atom. The summed E-state index contributed by atoms with van der Waals surface area (Å²) in [6, 6.07) is 2.60. The first-order valence-corrected chi connectivity index (χ1v) is 5.84. The smallest absolute Gasteiger partial charge is 0.251 e. The minimum atomic E-state index is -0.477. The second kappa shape index (κ2) is 5.14. The number of carbonyl (C=O) groups is 1. The highest BCUT2D eigenvalue weighted by atomic mass is 16.3. The van der Waals surface area contributed by atoms with E-state index < -0.39 is 6.10 Å². The lowest BCUT2D eigenvalue weighted by Crippen LogP contribution is -2.45. The molecule has 1 saturated carbocycles. The van der Waals surface area contributed by atoms with E-state index in [9.17, 15) is 14.7 Å². The fourth-order valence-electron chi connectivity index (χ4n) is 2.12. The van der Waals surface area contributed by atoms with Crippen LogP contribution in [-0.4, -0.2) is 28.1 Å². The molecule has 2 unspecified atom stereocenters. The number of aromatic amines is 1. The van der Waals surface area contributed by atoms with Crippen LogP contribution in [0, 0.1) is 0 Å². The molecule has 1 aliphatic rings. The number of pyridine rings is 1. The summed E-state index contributed by atoms with van der Waals surface area (Å²) in [4.78, 5) is 25.4. The summed E-state index contributed by atoms with van der Waals surface area (Å²) < 4.78 is 0. The maximum atomic E-state index is 11.8. The summed E-state index contributed by atoms with van der Waals surface area (Å²) in [6.07, 6.45) is 4.48. The van der Waals surface area contributed by atoms with Crippen LogP contribution in [0.25, 0.3) is 0 Å². The lowest BCUT2D eigenvalue weighted by molar-refractivity contribution is 0.0717. The van der Waals surface area contributed by atoms with Crippen LogP contribution in [-0.2, 0) is 0 Å². The molecule has 5 heteroatoms. The number of nitrogens with one attached hydrogen (secondary N) is 2. The van der Waals surface area contributed by atoms with Crippen molar-refractivity contribution in [3.05, 3.63) is 34.2 Å². The molecule has 0 radical (unpaired) electrons. The van der Waals surface area contributed by atoms with Gasteiger partial charge in [-0.05, 0) is 18.9 Å². The van der Waals surface area contributed by atoms with Gasteiger partial charge >= 0.3 is 0 Å². The summed E-state index contributed by atoms with van der Waals surface area (Å²) in [5.74, 6) is -0.304. The number of H-pyrrole nitrogens is 1. The third-order valence-corrected chi connectivity index (χ3v) is 3.08. The van der Waals surface area contributed by atoms with E-state index in [1.807, 2.05) is 0 Å². The molecular formula is C12H16N2O3. The predicted octanol–water partition coefficient (Wildman–Crippen LogP) is 0.408. The van der Waals surface area contributed by atoms with Gasteiger partial charge in [0, 0.05) is 17.8 Å². The number of carbonyl (C=O) groups excluding carboxylic acids is 1. The monoisotopic (exact) mass is 236 g/mol. The molecule has 2 rings (SSSR count). The average molecular weight is 236 g/mol. The van der Waals surface area contributed by atoms with Crippen molar-refractivity contribution in [1.82, 2.24) is 10.3 Å². The van der Waals surface area contributed by atoms with E-state index >= 15 is 0 Å². The molecule has 2 atom stereocenters. The van der Waals surface area contributed by atoms with E-state index in [4.69, 9.17) is 0 Å². The summed E-state index contributed by atoms with van der Waals surface area (Å²) in [5, 5.41) is 12.5. The molecule has 5 nitrogen and oxygen atoms in total. The van der Waals surface area contributed by atoms with Crippen LogP contribution < -0.4 is 10.9 Å². The van der Waals surface area contributed by atoms with Crippen molar-refractivity contribution in [3.8, 4) is 0 Å². The standard InChI is InChI=1S/C12H16N2O3/c15-10-4-2-1-3-9(10)14-12(17)8-5-6-13-11(16)7-8/h5-7,9-10,15H,1-4H2,(H,13,16)(H,14,17). The fraction of sp³-hybridized carbons (Fsp3) is 0.500. The summed E-state index contributed by atoms with van der Waals surface area (Å²) in [5.41, 5.74) is 0.0216. The molecular weight excluding hydrogens is 220 g/mol. The zero-order valence-electron chi connectivity index (χ0n) is 9.48. The average Bonchev–Trinajstić information content (AvgIpc) is 2.32. The van der Waals surface area contributed by atoms with Gasteiger partial charge in [0.1, 0.15) is 0 Å². The highest BCUT2D eigenvalue weighted by Crippen LogP contribution is 2.18. The first-order chi connectivity index (χ1) is 8.16. The molecule has 1 aromatic rings. The van der Waals surface area contributed by atoms with E-state index in [2.05, 4.69) is 10.3 Å². The minimum Gasteiger partial charge on any atom is -0.391 e. The molecule has 1 aromatic heterocycles. The maximum absolute atomic E-state index is 11.8. The van der Waals surface area contributed by atoms with Gasteiger partial charge < -0.3 is 15.4 Å². The third-order valence-electron chi connectivity index (χ3n) is 3.08. The van der Waals surface area contributed by atoms with Crippen molar-refractivity contribution in [2.24, 2.45) is 0 Å². The number of aliphatic hydroxyl groups excluding tert-OH is 1. The Labute approximate surface area is 98.9 Å². The van der Waals surface area contributed by atoms with Crippen LogP contribution in [0.3, 0.4) is 0 Å². The van der Waals surface area contributed by atoms with Gasteiger partial charge in [0.25, 0.3) is 5.91 Å². The largest absolute Gasteiger partial charge is 0.391 e. The minimum absolute atomic E-state index is 0.199. The number of rotatable bonds is 2. The highest BCUT2D eigenvalue weighted by molar-refractivity contribution is 5.94. The van der Waals surface area contributed by atoms with Crippen molar-refractivity contribution in [3.63, 3.8) is 0 Å². The summed E-state index contributed by atoms with van der Waals surface area (Å²) in [6.45, 7) is 0. The first-order valence-electron chi connectivity index (χ1n) is 5.84. The quantitative estimate of drug-likeness (QED) is 0.695. The zero-order valence-corrected chi connectivity index (χ0v) is 9.48. The van der Waals surface area contributed by atoms with Crippen LogP contribution >= 0.6 is 0 Å². The SMILES string of the molecule is O=C(NC1CCCCC1O)c1cc[nH]c(=O)c1. The third kappa shape index (κ3) is 2.94. The fourth-order valence-corrected chi connectivity index (χ4v) is 2.12. The Bertz CT molecular complexity index is 455. The number of aliphatic hydroxyl groups is 1. The topological polar surface area (TPSA) is 82.2 Å². The Kier molecular flexibility index (Phi) is 3.58. The second-order valence-electron chi connectivity index (χ2n) is 4.37. The molecule has 1 heterocycles. The second-order valence-corrected chi connectivity index (χ2v) is 4.37.